The smallest absolute Gasteiger partial charge is 0.269 e. The molecule has 4 aliphatic rings. The zero-order valence-corrected chi connectivity index (χ0v) is 16.6. The zero-order chi connectivity index (χ0) is 21.0. The summed E-state index contributed by atoms with van der Waals surface area (Å²) in [6.07, 6.45) is 3.76. The van der Waals surface area contributed by atoms with Gasteiger partial charge in [-0.3, -0.25) is 29.2 Å². The summed E-state index contributed by atoms with van der Waals surface area (Å²) < 4.78 is 3.58. The van der Waals surface area contributed by atoms with Crippen molar-refractivity contribution in [1.29, 1.82) is 0 Å². The molecule has 12 nitrogen and oxygen atoms in total. The quantitative estimate of drug-likeness (QED) is 0.510. The lowest BCUT2D eigenvalue weighted by atomic mass is 10.1. The van der Waals surface area contributed by atoms with Crippen LogP contribution in [0.1, 0.15) is 6.42 Å². The highest BCUT2D eigenvalue weighted by atomic mass is 16.2. The van der Waals surface area contributed by atoms with E-state index in [2.05, 4.69) is 9.98 Å². The Kier molecular flexibility index (Phi) is 4.28. The zero-order valence-electron chi connectivity index (χ0n) is 16.6. The van der Waals surface area contributed by atoms with E-state index < -0.39 is 24.1 Å². The third-order valence-electron chi connectivity index (χ3n) is 5.63. The van der Waals surface area contributed by atoms with Crippen molar-refractivity contribution in [3.63, 3.8) is 0 Å². The van der Waals surface area contributed by atoms with Crippen LogP contribution >= 0.6 is 0 Å². The van der Waals surface area contributed by atoms with E-state index in [0.29, 0.717) is 31.2 Å². The number of imide groups is 2. The molecule has 4 aliphatic heterocycles. The highest BCUT2D eigenvalue weighted by Crippen LogP contribution is 2.18. The maximum atomic E-state index is 12.5. The second-order valence-corrected chi connectivity index (χ2v) is 7.32. The number of nitrogens with zero attached hydrogens (tertiary/aromatic N) is 8. The normalized spacial score (nSPS) is 26.5. The van der Waals surface area contributed by atoms with Gasteiger partial charge in [0.2, 0.25) is 0 Å². The highest BCUT2D eigenvalue weighted by Gasteiger charge is 2.52. The van der Waals surface area contributed by atoms with Gasteiger partial charge >= 0.3 is 12.1 Å². The summed E-state index contributed by atoms with van der Waals surface area (Å²) in [5, 5.41) is 0. The lowest BCUT2D eigenvalue weighted by Gasteiger charge is -2.31. The van der Waals surface area contributed by atoms with Crippen molar-refractivity contribution >= 4 is 48.2 Å². The average molecular weight is 402 g/mol. The molecule has 4 heterocycles. The molecule has 0 radical (unpaired) electrons. The number of amides is 6. The van der Waals surface area contributed by atoms with Gasteiger partial charge in [0.25, 0.3) is 48.2 Å². The number of carbonyl (C=O) groups is 4. The van der Waals surface area contributed by atoms with E-state index in [1.807, 2.05) is 0 Å². The van der Waals surface area contributed by atoms with Gasteiger partial charge in [0, 0.05) is 34.6 Å². The summed E-state index contributed by atoms with van der Waals surface area (Å²) >= 11 is 0. The van der Waals surface area contributed by atoms with Crippen molar-refractivity contribution in [1.82, 2.24) is 19.6 Å². The maximum Gasteiger partial charge on any atom is 0.333 e. The number of carbonyl (C=O) groups excluding carboxylic acids is 4. The molecule has 152 valence electrons. The number of hydrogen-bond acceptors (Lipinski definition) is 6. The molecule has 0 aromatic carbocycles. The fraction of sp³-hybridized carbons (Fsp3) is 0.529. The molecule has 2 unspecified atom stereocenters. The van der Waals surface area contributed by atoms with Gasteiger partial charge < -0.3 is 0 Å². The topological polar surface area (TPSA) is 112 Å². The second-order valence-electron chi connectivity index (χ2n) is 7.32. The fourth-order valence-corrected chi connectivity index (χ4v) is 3.89. The van der Waals surface area contributed by atoms with Crippen LogP contribution in [0.4, 0.5) is 9.59 Å². The number of fused-ring (bicyclic) bond motifs is 2. The SMILES string of the molecule is CN1C(=O)C2C(=NC=[N+]2CCC[N+]2=CN=C3C2C(=O)N(C)C(=O)N3C)N(C)C1=O. The Morgan fingerprint density at radius 3 is 1.48 bits per heavy atom. The van der Waals surface area contributed by atoms with Gasteiger partial charge in [-0.15, -0.1) is 0 Å². The Bertz CT molecular complexity index is 888. The largest absolute Gasteiger partial charge is 0.333 e. The summed E-state index contributed by atoms with van der Waals surface area (Å²) in [4.78, 5) is 62.6. The molecule has 2 fully saturated rings. The number of likely N-dealkylation sites (N-methyl/N-ethyl adjacent to an activating group) is 4. The molecule has 12 heteroatoms. The first-order chi connectivity index (χ1) is 13.7. The predicted octanol–water partition coefficient (Wildman–Crippen LogP) is -1.93. The van der Waals surface area contributed by atoms with Crippen molar-refractivity contribution in [2.45, 2.75) is 18.5 Å². The molecule has 29 heavy (non-hydrogen) atoms. The van der Waals surface area contributed by atoms with E-state index in [1.165, 1.54) is 23.9 Å². The van der Waals surface area contributed by atoms with Gasteiger partial charge in [0.1, 0.15) is 0 Å². The van der Waals surface area contributed by atoms with Crippen LogP contribution in [0.5, 0.6) is 0 Å². The van der Waals surface area contributed by atoms with Crippen LogP contribution in [0.25, 0.3) is 0 Å². The van der Waals surface area contributed by atoms with E-state index in [9.17, 15) is 19.2 Å². The van der Waals surface area contributed by atoms with Gasteiger partial charge in [-0.25, -0.2) is 18.7 Å². The molecule has 4 rings (SSSR count). The van der Waals surface area contributed by atoms with Gasteiger partial charge in [-0.1, -0.05) is 0 Å². The Labute approximate surface area is 166 Å². The van der Waals surface area contributed by atoms with Gasteiger partial charge in [-0.2, -0.15) is 0 Å². The van der Waals surface area contributed by atoms with Crippen molar-refractivity contribution in [2.75, 3.05) is 41.3 Å². The molecule has 0 aromatic heterocycles. The summed E-state index contributed by atoms with van der Waals surface area (Å²) in [5.74, 6) is 0.202. The van der Waals surface area contributed by atoms with Crippen LogP contribution in [0, 0.1) is 0 Å². The average Bonchev–Trinajstić information content (AvgIpc) is 3.32. The monoisotopic (exact) mass is 402 g/mol. The van der Waals surface area contributed by atoms with Crippen molar-refractivity contribution < 1.29 is 28.3 Å². The molecule has 6 amide bonds. The lowest BCUT2D eigenvalue weighted by molar-refractivity contribution is -0.559. The highest BCUT2D eigenvalue weighted by molar-refractivity contribution is 6.22. The first kappa shape index (κ1) is 18.9. The number of amidine groups is 2. The molecular formula is C17H22N8O4+2. The Morgan fingerprint density at radius 2 is 1.10 bits per heavy atom. The van der Waals surface area contributed by atoms with Crippen LogP contribution in [-0.2, 0) is 9.59 Å². The summed E-state index contributed by atoms with van der Waals surface area (Å²) in [6, 6.07) is -2.06. The number of urea groups is 2. The van der Waals surface area contributed by atoms with Gasteiger partial charge in [0.15, 0.2) is 0 Å². The first-order valence-corrected chi connectivity index (χ1v) is 9.18. The minimum absolute atomic E-state index is 0.317. The Hall–Kier alpha value is -3.44. The third kappa shape index (κ3) is 2.66. The fourth-order valence-electron chi connectivity index (χ4n) is 3.89. The van der Waals surface area contributed by atoms with Crippen LogP contribution < -0.4 is 0 Å². The van der Waals surface area contributed by atoms with Crippen molar-refractivity contribution in [3.8, 4) is 0 Å². The van der Waals surface area contributed by atoms with Crippen LogP contribution in [0.15, 0.2) is 9.98 Å². The maximum absolute atomic E-state index is 12.5. The molecule has 2 atom stereocenters. The van der Waals surface area contributed by atoms with Gasteiger partial charge in [-0.05, 0) is 9.98 Å². The Morgan fingerprint density at radius 1 is 0.724 bits per heavy atom. The molecular weight excluding hydrogens is 380 g/mol. The van der Waals surface area contributed by atoms with Crippen LogP contribution in [-0.4, -0.2) is 130 Å². The molecule has 0 aromatic rings. The van der Waals surface area contributed by atoms with E-state index in [4.69, 9.17) is 0 Å². The molecule has 0 N–H and O–H groups in total. The van der Waals surface area contributed by atoms with Crippen LogP contribution in [0.2, 0.25) is 0 Å². The van der Waals surface area contributed by atoms with Gasteiger partial charge in [0.05, 0.1) is 13.1 Å². The Balaban J connectivity index is 1.40. The van der Waals surface area contributed by atoms with E-state index in [1.54, 1.807) is 35.9 Å². The number of aliphatic imine (C=N–C) groups is 2. The minimum atomic E-state index is -0.622. The predicted molar refractivity (Wildman–Crippen MR) is 101 cm³/mol. The minimum Gasteiger partial charge on any atom is -0.269 e. The lowest BCUT2D eigenvalue weighted by Crippen LogP contribution is -2.62. The first-order valence-electron chi connectivity index (χ1n) is 9.18. The summed E-state index contributed by atoms with van der Waals surface area (Å²) in [5.41, 5.74) is 0. The molecule has 0 aliphatic carbocycles. The summed E-state index contributed by atoms with van der Waals surface area (Å²) in [7, 11) is 6.09. The van der Waals surface area contributed by atoms with E-state index in [-0.39, 0.29) is 11.8 Å². The summed E-state index contributed by atoms with van der Waals surface area (Å²) in [6.45, 7) is 1.01. The van der Waals surface area contributed by atoms with Crippen LogP contribution in [0.3, 0.4) is 0 Å². The van der Waals surface area contributed by atoms with Crippen molar-refractivity contribution in [3.05, 3.63) is 0 Å². The number of rotatable bonds is 4. The molecule has 0 bridgehead atoms. The van der Waals surface area contributed by atoms with Crippen molar-refractivity contribution in [2.24, 2.45) is 9.98 Å². The number of hydrogen-bond donors (Lipinski definition) is 0. The molecule has 0 spiro atoms. The molecule has 0 saturated carbocycles. The molecule has 2 saturated heterocycles. The third-order valence-corrected chi connectivity index (χ3v) is 5.63. The van der Waals surface area contributed by atoms with E-state index in [0.717, 1.165) is 9.80 Å². The standard InChI is InChI=1S/C17H22N8O4/c1-20-12-10(14(26)22(3)16(20)28)24(8-18-12)6-5-7-25-9-19-13-11(25)15(27)23(4)17(29)21(13)2/h8-11H,5-7H2,1-4H3/q+2. The second kappa shape index (κ2) is 6.57. The van der Waals surface area contributed by atoms with E-state index >= 15 is 0 Å².